The number of hydrogen-bond acceptors (Lipinski definition) is 2. The molecule has 0 aliphatic heterocycles. The van der Waals surface area contributed by atoms with E-state index in [1.807, 2.05) is 19.9 Å². The first-order chi connectivity index (χ1) is 8.86. The number of benzene rings is 1. The quantitative estimate of drug-likeness (QED) is 0.921. The van der Waals surface area contributed by atoms with E-state index in [4.69, 9.17) is 0 Å². The highest BCUT2D eigenvalue weighted by molar-refractivity contribution is 9.10. The molecule has 0 saturated heterocycles. The molecule has 19 heavy (non-hydrogen) atoms. The Bertz CT molecular complexity index is 732. The Morgan fingerprint density at radius 3 is 2.53 bits per heavy atom. The number of carboxylic acids is 1. The third kappa shape index (κ3) is 2.08. The Morgan fingerprint density at radius 1 is 1.37 bits per heavy atom. The zero-order valence-corrected chi connectivity index (χ0v) is 12.5. The van der Waals surface area contributed by atoms with E-state index in [0.717, 1.165) is 4.47 Å². The fourth-order valence-corrected chi connectivity index (χ4v) is 2.88. The summed E-state index contributed by atoms with van der Waals surface area (Å²) in [6.45, 7) is 5.36. The summed E-state index contributed by atoms with van der Waals surface area (Å²) in [6, 6.07) is 5.24. The molecular formula is C14H14BrNO3. The Hall–Kier alpha value is -1.62. The highest BCUT2D eigenvalue weighted by Crippen LogP contribution is 2.27. The summed E-state index contributed by atoms with van der Waals surface area (Å²) < 4.78 is 2.41. The van der Waals surface area contributed by atoms with Crippen LogP contribution in [0.3, 0.4) is 0 Å². The monoisotopic (exact) mass is 323 g/mol. The maximum Gasteiger partial charge on any atom is 0.352 e. The van der Waals surface area contributed by atoms with Crippen LogP contribution in [0.15, 0.2) is 27.5 Å². The van der Waals surface area contributed by atoms with E-state index in [1.165, 1.54) is 0 Å². The summed E-state index contributed by atoms with van der Waals surface area (Å²) in [5.41, 5.74) is 0.724. The van der Waals surface area contributed by atoms with E-state index in [2.05, 4.69) is 15.9 Å². The fourth-order valence-electron chi connectivity index (χ4n) is 2.33. The molecule has 0 unspecified atom stereocenters. The predicted octanol–water partition coefficient (Wildman–Crippen LogP) is 3.35. The molecule has 1 N–H and O–H groups in total. The molecule has 4 nitrogen and oxygen atoms in total. The van der Waals surface area contributed by atoms with E-state index in [0.29, 0.717) is 10.9 Å². The average molecular weight is 324 g/mol. The van der Waals surface area contributed by atoms with Crippen LogP contribution in [0.1, 0.15) is 35.9 Å². The summed E-state index contributed by atoms with van der Waals surface area (Å²) in [5.74, 6) is -1.08. The topological polar surface area (TPSA) is 59.3 Å². The van der Waals surface area contributed by atoms with Gasteiger partial charge in [0.15, 0.2) is 5.43 Å². The minimum absolute atomic E-state index is 0.0550. The molecule has 1 aromatic carbocycles. The molecule has 2 rings (SSSR count). The van der Waals surface area contributed by atoms with Gasteiger partial charge in [-0.05, 0) is 48.8 Å². The van der Waals surface area contributed by atoms with E-state index in [-0.39, 0.29) is 22.7 Å². The van der Waals surface area contributed by atoms with Gasteiger partial charge in [0.2, 0.25) is 0 Å². The smallest absolute Gasteiger partial charge is 0.352 e. The van der Waals surface area contributed by atoms with E-state index < -0.39 is 5.97 Å². The zero-order valence-electron chi connectivity index (χ0n) is 10.9. The molecule has 2 aromatic rings. The molecule has 0 spiro atoms. The van der Waals surface area contributed by atoms with Crippen LogP contribution in [0, 0.1) is 6.92 Å². The first kappa shape index (κ1) is 13.8. The summed E-state index contributed by atoms with van der Waals surface area (Å²) in [4.78, 5) is 23.8. The van der Waals surface area contributed by atoms with Crippen LogP contribution in [0.5, 0.6) is 0 Å². The summed E-state index contributed by atoms with van der Waals surface area (Å²) in [5, 5.41) is 9.93. The predicted molar refractivity (Wildman–Crippen MR) is 78.0 cm³/mol. The molecule has 0 atom stereocenters. The van der Waals surface area contributed by atoms with Gasteiger partial charge < -0.3 is 9.67 Å². The number of aromatic carboxylic acids is 1. The third-order valence-electron chi connectivity index (χ3n) is 3.13. The second-order valence-corrected chi connectivity index (χ2v) is 5.56. The van der Waals surface area contributed by atoms with Gasteiger partial charge in [-0.3, -0.25) is 4.79 Å². The molecular weight excluding hydrogens is 310 g/mol. The number of para-hydroxylation sites is 1. The highest BCUT2D eigenvalue weighted by atomic mass is 79.9. The van der Waals surface area contributed by atoms with E-state index in [9.17, 15) is 14.7 Å². The lowest BCUT2D eigenvalue weighted by Gasteiger charge is -2.20. The van der Waals surface area contributed by atoms with Crippen molar-refractivity contribution in [3.8, 4) is 0 Å². The number of nitrogens with zero attached hydrogens (tertiary/aromatic N) is 1. The number of carbonyl (C=O) groups is 1. The van der Waals surface area contributed by atoms with Gasteiger partial charge in [0.25, 0.3) is 0 Å². The number of rotatable bonds is 2. The molecule has 100 valence electrons. The first-order valence-corrected chi connectivity index (χ1v) is 6.72. The number of fused-ring (bicyclic) bond motifs is 1. The number of pyridine rings is 1. The largest absolute Gasteiger partial charge is 0.477 e. The lowest BCUT2D eigenvalue weighted by atomic mass is 10.1. The van der Waals surface area contributed by atoms with Gasteiger partial charge >= 0.3 is 5.97 Å². The highest BCUT2D eigenvalue weighted by Gasteiger charge is 2.21. The molecule has 0 saturated carbocycles. The fraction of sp³-hybridized carbons (Fsp3) is 0.286. The normalized spacial score (nSPS) is 11.2. The molecule has 5 heteroatoms. The van der Waals surface area contributed by atoms with Gasteiger partial charge in [0.05, 0.1) is 5.52 Å². The van der Waals surface area contributed by atoms with Crippen LogP contribution >= 0.6 is 15.9 Å². The lowest BCUT2D eigenvalue weighted by Crippen LogP contribution is -2.23. The molecule has 0 aliphatic carbocycles. The van der Waals surface area contributed by atoms with Crippen molar-refractivity contribution in [1.29, 1.82) is 0 Å². The molecule has 0 amide bonds. The molecule has 1 heterocycles. The maximum absolute atomic E-state index is 12.3. The second-order valence-electron chi connectivity index (χ2n) is 4.71. The Morgan fingerprint density at radius 2 is 2.00 bits per heavy atom. The molecule has 0 aliphatic rings. The van der Waals surface area contributed by atoms with Crippen molar-refractivity contribution < 1.29 is 9.90 Å². The zero-order chi connectivity index (χ0) is 14.3. The van der Waals surface area contributed by atoms with Crippen molar-refractivity contribution in [3.05, 3.63) is 44.2 Å². The number of aromatic nitrogens is 1. The summed E-state index contributed by atoms with van der Waals surface area (Å²) in [6.07, 6.45) is 0. The third-order valence-corrected chi connectivity index (χ3v) is 3.77. The Balaban J connectivity index is 3.16. The van der Waals surface area contributed by atoms with Crippen molar-refractivity contribution in [2.75, 3.05) is 0 Å². The van der Waals surface area contributed by atoms with Crippen molar-refractivity contribution in [1.82, 2.24) is 4.57 Å². The molecule has 0 fully saturated rings. The van der Waals surface area contributed by atoms with Gasteiger partial charge in [-0.25, -0.2) is 4.79 Å². The Kier molecular flexibility index (Phi) is 3.49. The first-order valence-electron chi connectivity index (χ1n) is 5.92. The van der Waals surface area contributed by atoms with Crippen molar-refractivity contribution in [3.63, 3.8) is 0 Å². The Labute approximate surface area is 118 Å². The van der Waals surface area contributed by atoms with Crippen LogP contribution in [-0.4, -0.2) is 15.6 Å². The molecule has 0 radical (unpaired) electrons. The van der Waals surface area contributed by atoms with Crippen LogP contribution in [0.25, 0.3) is 10.9 Å². The summed E-state index contributed by atoms with van der Waals surface area (Å²) in [7, 11) is 0. The van der Waals surface area contributed by atoms with Crippen LogP contribution in [0.4, 0.5) is 0 Å². The van der Waals surface area contributed by atoms with E-state index >= 15 is 0 Å². The van der Waals surface area contributed by atoms with Gasteiger partial charge in [-0.1, -0.05) is 6.07 Å². The van der Waals surface area contributed by atoms with E-state index in [1.54, 1.807) is 23.6 Å². The standard InChI is InChI=1S/C14H14BrNO3/c1-7(2)16-11(14(18)19)8(3)13(17)9-5-4-6-10(15)12(9)16/h4-7H,1-3H3,(H,18,19). The minimum Gasteiger partial charge on any atom is -0.477 e. The minimum atomic E-state index is -1.08. The maximum atomic E-state index is 12.3. The summed E-state index contributed by atoms with van der Waals surface area (Å²) >= 11 is 3.41. The van der Waals surface area contributed by atoms with Crippen LogP contribution < -0.4 is 5.43 Å². The number of carboxylic acid groups (broad SMARTS) is 1. The number of hydrogen-bond donors (Lipinski definition) is 1. The second kappa shape index (κ2) is 4.81. The lowest BCUT2D eigenvalue weighted by molar-refractivity contribution is 0.0682. The SMILES string of the molecule is Cc1c(C(=O)O)n(C(C)C)c2c(Br)cccc2c1=O. The van der Waals surface area contributed by atoms with Crippen molar-refractivity contribution in [2.24, 2.45) is 0 Å². The van der Waals surface area contributed by atoms with Crippen LogP contribution in [-0.2, 0) is 0 Å². The average Bonchev–Trinajstić information content (AvgIpc) is 2.33. The van der Waals surface area contributed by atoms with Gasteiger partial charge in [-0.2, -0.15) is 0 Å². The van der Waals surface area contributed by atoms with Gasteiger partial charge in [0.1, 0.15) is 5.69 Å². The van der Waals surface area contributed by atoms with Gasteiger partial charge in [-0.15, -0.1) is 0 Å². The number of halogens is 1. The molecule has 1 aromatic heterocycles. The van der Waals surface area contributed by atoms with Crippen molar-refractivity contribution in [2.45, 2.75) is 26.8 Å². The van der Waals surface area contributed by atoms with Gasteiger partial charge in [0, 0.05) is 21.5 Å². The van der Waals surface area contributed by atoms with Crippen LogP contribution in [0.2, 0.25) is 0 Å². The molecule has 0 bridgehead atoms. The van der Waals surface area contributed by atoms with Crippen molar-refractivity contribution >= 4 is 32.8 Å².